The summed E-state index contributed by atoms with van der Waals surface area (Å²) in [5.41, 5.74) is 6.83. The van der Waals surface area contributed by atoms with Crippen LogP contribution < -0.4 is 10.5 Å². The zero-order chi connectivity index (χ0) is 18.4. The Morgan fingerprint density at radius 2 is 1.81 bits per heavy atom. The first-order valence-corrected chi connectivity index (χ1v) is 9.37. The Morgan fingerprint density at radius 1 is 1.22 bits per heavy atom. The summed E-state index contributed by atoms with van der Waals surface area (Å²) >= 11 is 0. The quantitative estimate of drug-likeness (QED) is 0.734. The molecule has 1 heterocycles. The number of halogens is 2. The maximum absolute atomic E-state index is 12.7. The van der Waals surface area contributed by atoms with Gasteiger partial charge in [-0.3, -0.25) is 4.79 Å². The number of amides is 1. The van der Waals surface area contributed by atoms with Crippen molar-refractivity contribution in [2.45, 2.75) is 40.2 Å². The van der Waals surface area contributed by atoms with Crippen molar-refractivity contribution in [2.75, 3.05) is 39.3 Å². The Balaban J connectivity index is 0.00000338. The summed E-state index contributed by atoms with van der Waals surface area (Å²) in [5.74, 6) is 0.888. The topological polar surface area (TPSA) is 58.8 Å². The third kappa shape index (κ3) is 7.15. The Kier molecular flexibility index (Phi) is 11.3. The van der Waals surface area contributed by atoms with Crippen molar-refractivity contribution in [3.63, 3.8) is 0 Å². The number of carbonyl (C=O) groups is 1. The molecule has 0 spiro atoms. The van der Waals surface area contributed by atoms with E-state index < -0.39 is 0 Å². The highest BCUT2D eigenvalue weighted by atomic mass is 35.5. The number of rotatable bonds is 7. The lowest BCUT2D eigenvalue weighted by Crippen LogP contribution is -2.53. The van der Waals surface area contributed by atoms with Gasteiger partial charge in [-0.05, 0) is 49.2 Å². The molecule has 0 radical (unpaired) electrons. The number of likely N-dealkylation sites (tertiary alicyclic amines) is 1. The molecular formula is C20H35Cl2N3O2. The molecule has 7 heteroatoms. The number of likely N-dealkylation sites (N-methyl/N-ethyl adjacent to an activating group) is 1. The molecule has 2 rings (SSSR count). The molecule has 0 bridgehead atoms. The lowest BCUT2D eigenvalue weighted by molar-refractivity contribution is 0.0533. The standard InChI is InChI=1S/C20H33N3O2.2ClH/c1-5-22(6-2)13-14-25-17-9-7-16(8-10-17)19(24)23-12-11-18(21)20(3,4)15-23;;/h7-10,18H,5-6,11-15,21H2,1-4H3;2*1H. The number of benzene rings is 1. The van der Waals surface area contributed by atoms with Crippen LogP contribution in [0.4, 0.5) is 0 Å². The molecule has 1 aromatic carbocycles. The minimum absolute atomic E-state index is 0. The van der Waals surface area contributed by atoms with Gasteiger partial charge >= 0.3 is 0 Å². The molecule has 1 aromatic rings. The maximum Gasteiger partial charge on any atom is 0.253 e. The monoisotopic (exact) mass is 419 g/mol. The predicted molar refractivity (Wildman–Crippen MR) is 116 cm³/mol. The fourth-order valence-electron chi connectivity index (χ4n) is 3.26. The first kappa shape index (κ1) is 26.0. The highest BCUT2D eigenvalue weighted by Gasteiger charge is 2.35. The smallest absolute Gasteiger partial charge is 0.253 e. The van der Waals surface area contributed by atoms with Gasteiger partial charge < -0.3 is 20.3 Å². The Labute approximate surface area is 176 Å². The SMILES string of the molecule is CCN(CC)CCOc1ccc(C(=O)N2CCC(N)C(C)(C)C2)cc1.Cl.Cl. The zero-order valence-electron chi connectivity index (χ0n) is 16.9. The molecule has 0 saturated carbocycles. The molecule has 1 unspecified atom stereocenters. The lowest BCUT2D eigenvalue weighted by atomic mass is 9.79. The Bertz CT molecular complexity index is 563. The van der Waals surface area contributed by atoms with Crippen molar-refractivity contribution in [3.05, 3.63) is 29.8 Å². The van der Waals surface area contributed by atoms with Crippen LogP contribution in [-0.2, 0) is 0 Å². The van der Waals surface area contributed by atoms with E-state index in [1.54, 1.807) is 0 Å². The van der Waals surface area contributed by atoms with Crippen molar-refractivity contribution in [2.24, 2.45) is 11.1 Å². The summed E-state index contributed by atoms with van der Waals surface area (Å²) in [6.07, 6.45) is 0.852. The average Bonchev–Trinajstić information content (AvgIpc) is 2.61. The molecule has 2 N–H and O–H groups in total. The fourth-order valence-corrected chi connectivity index (χ4v) is 3.26. The second-order valence-electron chi connectivity index (χ2n) is 7.51. The van der Waals surface area contributed by atoms with E-state index in [-0.39, 0.29) is 42.2 Å². The Hall–Kier alpha value is -1.01. The van der Waals surface area contributed by atoms with Crippen molar-refractivity contribution < 1.29 is 9.53 Å². The zero-order valence-corrected chi connectivity index (χ0v) is 18.6. The van der Waals surface area contributed by atoms with E-state index in [0.717, 1.165) is 38.3 Å². The van der Waals surface area contributed by atoms with Crippen molar-refractivity contribution >= 4 is 30.7 Å². The molecule has 1 aliphatic heterocycles. The van der Waals surface area contributed by atoms with Crippen LogP contribution >= 0.6 is 24.8 Å². The number of carbonyl (C=O) groups excluding carboxylic acids is 1. The van der Waals surface area contributed by atoms with E-state index in [9.17, 15) is 4.79 Å². The van der Waals surface area contributed by atoms with Gasteiger partial charge in [-0.2, -0.15) is 0 Å². The number of nitrogens with zero attached hydrogens (tertiary/aromatic N) is 2. The van der Waals surface area contributed by atoms with Crippen molar-refractivity contribution in [1.29, 1.82) is 0 Å². The third-order valence-electron chi connectivity index (χ3n) is 5.27. The summed E-state index contributed by atoms with van der Waals surface area (Å²) in [5, 5.41) is 0. The number of hydrogen-bond donors (Lipinski definition) is 1. The highest BCUT2D eigenvalue weighted by molar-refractivity contribution is 5.94. The Morgan fingerprint density at radius 3 is 2.33 bits per heavy atom. The van der Waals surface area contributed by atoms with E-state index in [0.29, 0.717) is 18.7 Å². The van der Waals surface area contributed by atoms with E-state index in [4.69, 9.17) is 10.5 Å². The second-order valence-corrected chi connectivity index (χ2v) is 7.51. The first-order chi connectivity index (χ1) is 11.9. The molecule has 1 aliphatic rings. The molecule has 1 amide bonds. The third-order valence-corrected chi connectivity index (χ3v) is 5.27. The van der Waals surface area contributed by atoms with Gasteiger partial charge in [-0.15, -0.1) is 24.8 Å². The van der Waals surface area contributed by atoms with Crippen LogP contribution in [0.5, 0.6) is 5.75 Å². The molecule has 0 aliphatic carbocycles. The number of ether oxygens (including phenoxy) is 1. The van der Waals surface area contributed by atoms with Gasteiger partial charge in [0.1, 0.15) is 12.4 Å². The summed E-state index contributed by atoms with van der Waals surface area (Å²) in [7, 11) is 0. The van der Waals surface area contributed by atoms with Gasteiger partial charge in [-0.1, -0.05) is 27.7 Å². The van der Waals surface area contributed by atoms with Gasteiger partial charge in [0.05, 0.1) is 0 Å². The number of hydrogen-bond acceptors (Lipinski definition) is 4. The summed E-state index contributed by atoms with van der Waals surface area (Å²) < 4.78 is 5.78. The van der Waals surface area contributed by atoms with Crippen LogP contribution in [0.3, 0.4) is 0 Å². The molecule has 1 fully saturated rings. The van der Waals surface area contributed by atoms with Gasteiger partial charge in [0, 0.05) is 31.2 Å². The average molecular weight is 420 g/mol. The van der Waals surface area contributed by atoms with E-state index in [1.807, 2.05) is 29.2 Å². The largest absolute Gasteiger partial charge is 0.492 e. The minimum Gasteiger partial charge on any atom is -0.492 e. The number of piperidine rings is 1. The van der Waals surface area contributed by atoms with E-state index >= 15 is 0 Å². The van der Waals surface area contributed by atoms with Crippen molar-refractivity contribution in [3.8, 4) is 5.75 Å². The van der Waals surface area contributed by atoms with Crippen LogP contribution in [0.2, 0.25) is 0 Å². The first-order valence-electron chi connectivity index (χ1n) is 9.37. The number of nitrogens with two attached hydrogens (primary N) is 1. The molecule has 156 valence electrons. The fraction of sp³-hybridized carbons (Fsp3) is 0.650. The molecule has 27 heavy (non-hydrogen) atoms. The van der Waals surface area contributed by atoms with Crippen LogP contribution in [-0.4, -0.2) is 61.1 Å². The molecule has 5 nitrogen and oxygen atoms in total. The van der Waals surface area contributed by atoms with Crippen LogP contribution in [0, 0.1) is 5.41 Å². The normalized spacial score (nSPS) is 18.4. The summed E-state index contributed by atoms with van der Waals surface area (Å²) in [4.78, 5) is 17.0. The van der Waals surface area contributed by atoms with Gasteiger partial charge in [0.15, 0.2) is 0 Å². The molecule has 1 atom stereocenters. The van der Waals surface area contributed by atoms with Crippen LogP contribution in [0.25, 0.3) is 0 Å². The lowest BCUT2D eigenvalue weighted by Gasteiger charge is -2.42. The van der Waals surface area contributed by atoms with Gasteiger partial charge in [0.2, 0.25) is 0 Å². The summed E-state index contributed by atoms with van der Waals surface area (Å²) in [6, 6.07) is 7.64. The molecular weight excluding hydrogens is 385 g/mol. The van der Waals surface area contributed by atoms with Crippen molar-refractivity contribution in [1.82, 2.24) is 9.80 Å². The van der Waals surface area contributed by atoms with Crippen LogP contribution in [0.1, 0.15) is 44.5 Å². The maximum atomic E-state index is 12.7. The van der Waals surface area contributed by atoms with Gasteiger partial charge in [-0.25, -0.2) is 0 Å². The molecule has 1 saturated heterocycles. The molecule has 0 aromatic heterocycles. The summed E-state index contributed by atoms with van der Waals surface area (Å²) in [6.45, 7) is 13.6. The van der Waals surface area contributed by atoms with E-state index in [1.165, 1.54) is 0 Å². The van der Waals surface area contributed by atoms with Gasteiger partial charge in [0.25, 0.3) is 5.91 Å². The second kappa shape index (κ2) is 11.7. The minimum atomic E-state index is -0.0403. The van der Waals surface area contributed by atoms with E-state index in [2.05, 4.69) is 32.6 Å². The van der Waals surface area contributed by atoms with Crippen LogP contribution in [0.15, 0.2) is 24.3 Å². The predicted octanol–water partition coefficient (Wildman–Crippen LogP) is 3.45. The highest BCUT2D eigenvalue weighted by Crippen LogP contribution is 2.28.